The number of halogens is 2. The van der Waals surface area contributed by atoms with Crippen molar-refractivity contribution in [2.45, 2.75) is 20.1 Å². The Hall–Kier alpha value is -1.16. The highest BCUT2D eigenvalue weighted by atomic mass is 35.5. The second-order valence-corrected chi connectivity index (χ2v) is 5.00. The van der Waals surface area contributed by atoms with Crippen LogP contribution >= 0.6 is 23.2 Å². The molecular weight excluding hydrogens is 285 g/mol. The molecule has 0 fully saturated rings. The summed E-state index contributed by atoms with van der Waals surface area (Å²) in [5.41, 5.74) is 1.02. The fraction of sp³-hybridized carbons (Fsp3) is 0.286. The average Bonchev–Trinajstić information content (AvgIpc) is 2.72. The highest BCUT2D eigenvalue weighted by Crippen LogP contribution is 2.27. The molecule has 0 saturated carbocycles. The van der Waals surface area contributed by atoms with Crippen molar-refractivity contribution in [2.24, 2.45) is 0 Å². The Kier molecular flexibility index (Phi) is 4.75. The van der Waals surface area contributed by atoms with Crippen molar-refractivity contribution >= 4 is 23.2 Å². The third-order valence-corrected chi connectivity index (χ3v) is 3.45. The molecule has 2 aromatic rings. The number of hydrogen-bond donors (Lipinski definition) is 1. The third kappa shape index (κ3) is 3.66. The predicted molar refractivity (Wildman–Crippen MR) is 77.0 cm³/mol. The van der Waals surface area contributed by atoms with E-state index in [1.165, 1.54) is 0 Å². The van der Waals surface area contributed by atoms with Gasteiger partial charge < -0.3 is 14.5 Å². The molecule has 0 unspecified atom stereocenters. The first-order chi connectivity index (χ1) is 9.10. The maximum absolute atomic E-state index is 5.93. The molecule has 1 heterocycles. The van der Waals surface area contributed by atoms with Gasteiger partial charge in [0.25, 0.3) is 0 Å². The minimum Gasteiger partial charge on any atom is -0.489 e. The Balaban J connectivity index is 2.03. The van der Waals surface area contributed by atoms with E-state index in [1.54, 1.807) is 18.2 Å². The van der Waals surface area contributed by atoms with Gasteiger partial charge in [-0.05, 0) is 32.2 Å². The van der Waals surface area contributed by atoms with Crippen LogP contribution in [0.3, 0.4) is 0 Å². The van der Waals surface area contributed by atoms with Crippen LogP contribution in [0.5, 0.6) is 5.75 Å². The van der Waals surface area contributed by atoms with Gasteiger partial charge in [0.05, 0.1) is 16.6 Å². The summed E-state index contributed by atoms with van der Waals surface area (Å²) in [6.07, 6.45) is 0. The van der Waals surface area contributed by atoms with E-state index in [-0.39, 0.29) is 0 Å². The highest BCUT2D eigenvalue weighted by molar-refractivity contribution is 6.42. The number of furan rings is 1. The molecular formula is C14H15Cl2NO2. The molecule has 0 aliphatic carbocycles. The first-order valence-corrected chi connectivity index (χ1v) is 6.66. The molecule has 0 spiro atoms. The average molecular weight is 300 g/mol. The topological polar surface area (TPSA) is 34.4 Å². The fourth-order valence-corrected chi connectivity index (χ4v) is 2.01. The maximum Gasteiger partial charge on any atom is 0.121 e. The lowest BCUT2D eigenvalue weighted by atomic mass is 10.2. The van der Waals surface area contributed by atoms with Crippen LogP contribution < -0.4 is 10.1 Å². The molecule has 0 aliphatic rings. The first kappa shape index (κ1) is 14.3. The lowest BCUT2D eigenvalue weighted by Gasteiger charge is -2.06. The van der Waals surface area contributed by atoms with Crippen molar-refractivity contribution in [2.75, 3.05) is 7.05 Å². The summed E-state index contributed by atoms with van der Waals surface area (Å²) >= 11 is 11.8. The smallest absolute Gasteiger partial charge is 0.121 e. The molecule has 0 atom stereocenters. The molecule has 0 amide bonds. The molecule has 0 bridgehead atoms. The van der Waals surface area contributed by atoms with Gasteiger partial charge in [-0.25, -0.2) is 0 Å². The summed E-state index contributed by atoms with van der Waals surface area (Å²) in [5, 5.41) is 4.05. The van der Waals surface area contributed by atoms with E-state index in [4.69, 9.17) is 32.4 Å². The van der Waals surface area contributed by atoms with Crippen LogP contribution in [0.2, 0.25) is 10.0 Å². The van der Waals surface area contributed by atoms with Crippen LogP contribution in [0.25, 0.3) is 0 Å². The van der Waals surface area contributed by atoms with Gasteiger partial charge >= 0.3 is 0 Å². The van der Waals surface area contributed by atoms with Crippen LogP contribution in [-0.4, -0.2) is 7.05 Å². The third-order valence-electron chi connectivity index (χ3n) is 2.71. The van der Waals surface area contributed by atoms with Crippen LogP contribution in [0, 0.1) is 6.92 Å². The summed E-state index contributed by atoms with van der Waals surface area (Å²) in [5.74, 6) is 2.45. The summed E-state index contributed by atoms with van der Waals surface area (Å²) < 4.78 is 11.3. The molecule has 102 valence electrons. The van der Waals surface area contributed by atoms with Gasteiger partial charge in [-0.15, -0.1) is 0 Å². The summed E-state index contributed by atoms with van der Waals surface area (Å²) in [7, 11) is 1.88. The zero-order valence-electron chi connectivity index (χ0n) is 10.8. The van der Waals surface area contributed by atoms with E-state index in [1.807, 2.05) is 20.0 Å². The van der Waals surface area contributed by atoms with Crippen molar-refractivity contribution in [3.8, 4) is 5.75 Å². The van der Waals surface area contributed by atoms with Crippen LogP contribution in [-0.2, 0) is 13.2 Å². The van der Waals surface area contributed by atoms with Gasteiger partial charge in [0.15, 0.2) is 0 Å². The van der Waals surface area contributed by atoms with Crippen molar-refractivity contribution in [1.29, 1.82) is 0 Å². The Morgan fingerprint density at radius 3 is 2.68 bits per heavy atom. The minimum absolute atomic E-state index is 0.441. The van der Waals surface area contributed by atoms with E-state index in [9.17, 15) is 0 Å². The molecule has 0 radical (unpaired) electrons. The van der Waals surface area contributed by atoms with Crippen LogP contribution in [0.1, 0.15) is 17.1 Å². The number of hydrogen-bond acceptors (Lipinski definition) is 3. The van der Waals surface area contributed by atoms with Crippen molar-refractivity contribution in [3.63, 3.8) is 0 Å². The molecule has 1 aromatic heterocycles. The van der Waals surface area contributed by atoms with Gasteiger partial charge in [0, 0.05) is 11.6 Å². The number of ether oxygens (including phenoxy) is 1. The molecule has 1 aromatic carbocycles. The van der Waals surface area contributed by atoms with E-state index < -0.39 is 0 Å². The Morgan fingerprint density at radius 1 is 1.21 bits per heavy atom. The van der Waals surface area contributed by atoms with Gasteiger partial charge in [-0.1, -0.05) is 23.2 Å². The quantitative estimate of drug-likeness (QED) is 0.899. The Morgan fingerprint density at radius 2 is 2.00 bits per heavy atom. The monoisotopic (exact) mass is 299 g/mol. The molecule has 1 N–H and O–H groups in total. The fourth-order valence-electron chi connectivity index (χ4n) is 1.72. The minimum atomic E-state index is 0.441. The summed E-state index contributed by atoms with van der Waals surface area (Å²) in [6, 6.07) is 7.20. The molecule has 0 saturated heterocycles. The lowest BCUT2D eigenvalue weighted by Crippen LogP contribution is -2.03. The Labute approximate surface area is 122 Å². The van der Waals surface area contributed by atoms with Gasteiger partial charge in [-0.3, -0.25) is 0 Å². The molecule has 19 heavy (non-hydrogen) atoms. The van der Waals surface area contributed by atoms with Gasteiger partial charge in [-0.2, -0.15) is 0 Å². The number of nitrogens with one attached hydrogen (secondary N) is 1. The molecule has 5 heteroatoms. The number of aryl methyl sites for hydroxylation is 1. The standard InChI is InChI=1S/C14H15Cl2NO2/c1-9-10(5-12(19-9)7-17-2)8-18-11-3-4-13(15)14(16)6-11/h3-6,17H,7-8H2,1-2H3. The largest absolute Gasteiger partial charge is 0.489 e. The molecule has 2 rings (SSSR count). The lowest BCUT2D eigenvalue weighted by molar-refractivity contribution is 0.303. The summed E-state index contributed by atoms with van der Waals surface area (Å²) in [4.78, 5) is 0. The highest BCUT2D eigenvalue weighted by Gasteiger charge is 2.08. The van der Waals surface area contributed by atoms with E-state index in [2.05, 4.69) is 5.32 Å². The van der Waals surface area contributed by atoms with Gasteiger partial charge in [0.1, 0.15) is 23.9 Å². The normalized spacial score (nSPS) is 10.7. The second kappa shape index (κ2) is 6.33. The zero-order valence-corrected chi connectivity index (χ0v) is 12.3. The van der Waals surface area contributed by atoms with Crippen molar-refractivity contribution in [1.82, 2.24) is 5.32 Å². The van der Waals surface area contributed by atoms with Crippen molar-refractivity contribution < 1.29 is 9.15 Å². The summed E-state index contributed by atoms with van der Waals surface area (Å²) in [6.45, 7) is 3.07. The van der Waals surface area contributed by atoms with Crippen molar-refractivity contribution in [3.05, 3.63) is 51.4 Å². The number of rotatable bonds is 5. The molecule has 3 nitrogen and oxygen atoms in total. The number of benzene rings is 1. The van der Waals surface area contributed by atoms with E-state index in [0.717, 1.165) is 17.1 Å². The Bertz CT molecular complexity index is 567. The van der Waals surface area contributed by atoms with Crippen LogP contribution in [0.15, 0.2) is 28.7 Å². The van der Waals surface area contributed by atoms with E-state index in [0.29, 0.717) is 28.9 Å². The van der Waals surface area contributed by atoms with Crippen LogP contribution in [0.4, 0.5) is 0 Å². The van der Waals surface area contributed by atoms with Gasteiger partial charge in [0.2, 0.25) is 0 Å². The maximum atomic E-state index is 5.93. The predicted octanol–water partition coefficient (Wildman–Crippen LogP) is 4.19. The first-order valence-electron chi connectivity index (χ1n) is 5.91. The zero-order chi connectivity index (χ0) is 13.8. The van der Waals surface area contributed by atoms with E-state index >= 15 is 0 Å². The SMILES string of the molecule is CNCc1cc(COc2ccc(Cl)c(Cl)c2)c(C)o1. The molecule has 0 aliphatic heterocycles. The second-order valence-electron chi connectivity index (χ2n) is 4.19.